The van der Waals surface area contributed by atoms with Crippen LogP contribution in [0.5, 0.6) is 0 Å². The first-order valence-electron chi connectivity index (χ1n) is 8.16. The molecule has 1 N–H and O–H groups in total. The van der Waals surface area contributed by atoms with Crippen LogP contribution in [0.1, 0.15) is 15.9 Å². The molecule has 0 saturated carbocycles. The first-order chi connectivity index (χ1) is 12.6. The third-order valence-corrected chi connectivity index (χ3v) is 4.62. The molecule has 0 amide bonds. The van der Waals surface area contributed by atoms with Gasteiger partial charge in [-0.05, 0) is 35.9 Å². The predicted octanol–water partition coefficient (Wildman–Crippen LogP) is 5.10. The van der Waals surface area contributed by atoms with Crippen LogP contribution in [0.15, 0.2) is 72.8 Å². The number of carboxylic acid groups (broad SMARTS) is 1. The predicted molar refractivity (Wildman–Crippen MR) is 103 cm³/mol. The summed E-state index contributed by atoms with van der Waals surface area (Å²) in [7, 11) is 0. The van der Waals surface area contributed by atoms with Crippen molar-refractivity contribution in [2.24, 2.45) is 0 Å². The van der Waals surface area contributed by atoms with E-state index >= 15 is 0 Å². The van der Waals surface area contributed by atoms with Crippen LogP contribution in [0.2, 0.25) is 5.02 Å². The van der Waals surface area contributed by atoms with E-state index in [2.05, 4.69) is 4.57 Å². The smallest absolute Gasteiger partial charge is 0.335 e. The molecule has 128 valence electrons. The molecule has 0 bridgehead atoms. The molecule has 0 spiro atoms. The zero-order chi connectivity index (χ0) is 18.1. The molecule has 0 saturated heterocycles. The molecule has 26 heavy (non-hydrogen) atoms. The number of hydrogen-bond acceptors (Lipinski definition) is 2. The fraction of sp³-hybridized carbons (Fsp3) is 0.0476. The Labute approximate surface area is 155 Å². The molecule has 0 atom stereocenters. The number of imidazole rings is 1. The van der Waals surface area contributed by atoms with Crippen molar-refractivity contribution in [2.75, 3.05) is 0 Å². The number of carbonyl (C=O) groups is 1. The number of aromatic carboxylic acids is 1. The average Bonchev–Trinajstić information content (AvgIpc) is 3.00. The Hall–Kier alpha value is -3.11. The van der Waals surface area contributed by atoms with E-state index < -0.39 is 5.97 Å². The minimum absolute atomic E-state index is 0.215. The van der Waals surface area contributed by atoms with Crippen LogP contribution < -0.4 is 0 Å². The molecule has 0 unspecified atom stereocenters. The highest BCUT2D eigenvalue weighted by molar-refractivity contribution is 6.33. The second kappa shape index (κ2) is 6.65. The summed E-state index contributed by atoms with van der Waals surface area (Å²) in [5, 5.41) is 9.87. The third-order valence-electron chi connectivity index (χ3n) is 4.29. The van der Waals surface area contributed by atoms with Gasteiger partial charge in [0.2, 0.25) is 0 Å². The van der Waals surface area contributed by atoms with Crippen molar-refractivity contribution in [1.29, 1.82) is 0 Å². The normalized spacial score (nSPS) is 11.0. The molecule has 4 aromatic rings. The van der Waals surface area contributed by atoms with Crippen LogP contribution in [0.3, 0.4) is 0 Å². The first kappa shape index (κ1) is 16.4. The van der Waals surface area contributed by atoms with Crippen LogP contribution in [0.4, 0.5) is 0 Å². The van der Waals surface area contributed by atoms with Crippen LogP contribution in [-0.2, 0) is 6.54 Å². The summed E-state index contributed by atoms with van der Waals surface area (Å²) in [5.74, 6) is -0.249. The molecule has 0 radical (unpaired) electrons. The summed E-state index contributed by atoms with van der Waals surface area (Å²) >= 11 is 6.40. The highest BCUT2D eigenvalue weighted by atomic mass is 35.5. The van der Waals surface area contributed by atoms with Crippen molar-refractivity contribution >= 4 is 28.6 Å². The van der Waals surface area contributed by atoms with Crippen LogP contribution >= 0.6 is 11.6 Å². The number of carboxylic acids is 1. The van der Waals surface area contributed by atoms with Crippen LogP contribution in [-0.4, -0.2) is 20.6 Å². The molecule has 0 aliphatic carbocycles. The number of hydrogen-bond donors (Lipinski definition) is 1. The zero-order valence-corrected chi connectivity index (χ0v) is 14.5. The van der Waals surface area contributed by atoms with Gasteiger partial charge in [0.1, 0.15) is 5.82 Å². The molecule has 1 heterocycles. The van der Waals surface area contributed by atoms with Gasteiger partial charge in [-0.3, -0.25) is 0 Å². The Morgan fingerprint density at radius 3 is 2.46 bits per heavy atom. The number of rotatable bonds is 4. The van der Waals surface area contributed by atoms with Gasteiger partial charge < -0.3 is 9.67 Å². The molecule has 0 aliphatic rings. The summed E-state index contributed by atoms with van der Waals surface area (Å²) in [4.78, 5) is 16.0. The van der Waals surface area contributed by atoms with E-state index in [-0.39, 0.29) is 5.56 Å². The number of aromatic nitrogens is 2. The lowest BCUT2D eigenvalue weighted by atomic mass is 10.2. The van der Waals surface area contributed by atoms with Crippen molar-refractivity contribution in [1.82, 2.24) is 9.55 Å². The maximum Gasteiger partial charge on any atom is 0.335 e. The van der Waals surface area contributed by atoms with E-state index in [1.54, 1.807) is 18.2 Å². The van der Waals surface area contributed by atoms with E-state index in [0.29, 0.717) is 17.1 Å². The SMILES string of the molecule is O=C(O)c1ccc2c(c1)nc(-c1ccccc1Cl)n2Cc1ccccc1. The van der Waals surface area contributed by atoms with E-state index in [9.17, 15) is 9.90 Å². The molecule has 4 nitrogen and oxygen atoms in total. The van der Waals surface area contributed by atoms with Gasteiger partial charge in [0.25, 0.3) is 0 Å². The van der Waals surface area contributed by atoms with Crippen LogP contribution in [0.25, 0.3) is 22.4 Å². The Bertz CT molecular complexity index is 1100. The topological polar surface area (TPSA) is 55.1 Å². The number of halogens is 1. The third kappa shape index (κ3) is 2.95. The Morgan fingerprint density at radius 1 is 1.00 bits per heavy atom. The van der Waals surface area contributed by atoms with Crippen molar-refractivity contribution < 1.29 is 9.90 Å². The van der Waals surface area contributed by atoms with Gasteiger partial charge in [-0.1, -0.05) is 54.1 Å². The lowest BCUT2D eigenvalue weighted by Crippen LogP contribution is -2.02. The lowest BCUT2D eigenvalue weighted by molar-refractivity contribution is 0.0697. The van der Waals surface area contributed by atoms with Gasteiger partial charge in [0, 0.05) is 12.1 Å². The number of benzene rings is 3. The maximum atomic E-state index is 11.3. The molecular weight excluding hydrogens is 348 g/mol. The van der Waals surface area contributed by atoms with Crippen molar-refractivity contribution in [3.63, 3.8) is 0 Å². The summed E-state index contributed by atoms with van der Waals surface area (Å²) in [5.41, 5.74) is 3.66. The average molecular weight is 363 g/mol. The Kier molecular flexibility index (Phi) is 4.19. The second-order valence-electron chi connectivity index (χ2n) is 6.00. The Morgan fingerprint density at radius 2 is 1.73 bits per heavy atom. The minimum Gasteiger partial charge on any atom is -0.478 e. The second-order valence-corrected chi connectivity index (χ2v) is 6.40. The van der Waals surface area contributed by atoms with E-state index in [1.807, 2.05) is 54.6 Å². The van der Waals surface area contributed by atoms with Gasteiger partial charge >= 0.3 is 5.97 Å². The highest BCUT2D eigenvalue weighted by Gasteiger charge is 2.16. The lowest BCUT2D eigenvalue weighted by Gasteiger charge is -2.10. The summed E-state index contributed by atoms with van der Waals surface area (Å²) < 4.78 is 2.07. The van der Waals surface area contributed by atoms with Crippen molar-refractivity contribution in [3.05, 3.63) is 88.9 Å². The monoisotopic (exact) mass is 362 g/mol. The highest BCUT2D eigenvalue weighted by Crippen LogP contribution is 2.31. The molecule has 0 aliphatic heterocycles. The summed E-state index contributed by atoms with van der Waals surface area (Å²) in [6.07, 6.45) is 0. The molecule has 0 fully saturated rings. The largest absolute Gasteiger partial charge is 0.478 e. The zero-order valence-electron chi connectivity index (χ0n) is 13.8. The van der Waals surface area contributed by atoms with Gasteiger partial charge in [0.05, 0.1) is 21.6 Å². The number of fused-ring (bicyclic) bond motifs is 1. The molecule has 4 rings (SSSR count). The standard InChI is InChI=1S/C21H15ClN2O2/c22-17-9-5-4-8-16(17)20-23-18-12-15(21(25)26)10-11-19(18)24(20)13-14-6-2-1-3-7-14/h1-12H,13H2,(H,25,26). The van der Waals surface area contributed by atoms with Crippen LogP contribution in [0, 0.1) is 0 Å². The fourth-order valence-corrected chi connectivity index (χ4v) is 3.26. The first-order valence-corrected chi connectivity index (χ1v) is 8.53. The van der Waals surface area contributed by atoms with Gasteiger partial charge in [0.15, 0.2) is 0 Å². The van der Waals surface area contributed by atoms with E-state index in [0.717, 1.165) is 22.5 Å². The van der Waals surface area contributed by atoms with Gasteiger partial charge in [-0.15, -0.1) is 0 Å². The van der Waals surface area contributed by atoms with Gasteiger partial charge in [-0.2, -0.15) is 0 Å². The minimum atomic E-state index is -0.969. The molecule has 3 aromatic carbocycles. The van der Waals surface area contributed by atoms with E-state index in [1.165, 1.54) is 0 Å². The van der Waals surface area contributed by atoms with Crippen molar-refractivity contribution in [3.8, 4) is 11.4 Å². The molecule has 5 heteroatoms. The summed E-state index contributed by atoms with van der Waals surface area (Å²) in [6, 6.07) is 22.6. The van der Waals surface area contributed by atoms with Crippen molar-refractivity contribution in [2.45, 2.75) is 6.54 Å². The molecular formula is C21H15ClN2O2. The Balaban J connectivity index is 1.95. The molecule has 1 aromatic heterocycles. The number of nitrogens with zero attached hydrogens (tertiary/aromatic N) is 2. The summed E-state index contributed by atoms with van der Waals surface area (Å²) in [6.45, 7) is 0.615. The quantitative estimate of drug-likeness (QED) is 0.549. The van der Waals surface area contributed by atoms with Gasteiger partial charge in [-0.25, -0.2) is 9.78 Å². The van der Waals surface area contributed by atoms with E-state index in [4.69, 9.17) is 16.6 Å². The maximum absolute atomic E-state index is 11.3. The fourth-order valence-electron chi connectivity index (χ4n) is 3.04.